The molecule has 0 unspecified atom stereocenters. The first-order valence-electron chi connectivity index (χ1n) is 35.7. The third-order valence-electron chi connectivity index (χ3n) is 21.2. The lowest BCUT2D eigenvalue weighted by molar-refractivity contribution is -0.158. The number of fused-ring (bicyclic) bond motifs is 2. The van der Waals surface area contributed by atoms with Crippen molar-refractivity contribution in [3.05, 3.63) is 69.7 Å². The fourth-order valence-electron chi connectivity index (χ4n) is 14.9. The van der Waals surface area contributed by atoms with Gasteiger partial charge in [-0.2, -0.15) is 26.3 Å². The van der Waals surface area contributed by atoms with Crippen molar-refractivity contribution in [2.75, 3.05) is 61.0 Å². The van der Waals surface area contributed by atoms with Gasteiger partial charge in [0.1, 0.15) is 53.9 Å². The number of alkyl halides is 6. The summed E-state index contributed by atoms with van der Waals surface area (Å²) in [6.07, 6.45) is -6.96. The maximum atomic E-state index is 15.5. The average molecular weight is 1460 g/mol. The number of amides is 11. The second-order valence-corrected chi connectivity index (χ2v) is 29.2. The van der Waals surface area contributed by atoms with Gasteiger partial charge in [-0.05, 0) is 132 Å². The van der Waals surface area contributed by atoms with Crippen LogP contribution in [0.5, 0.6) is 0 Å². The maximum Gasteiger partial charge on any atom is 0.417 e. The van der Waals surface area contributed by atoms with Gasteiger partial charge in [-0.25, -0.2) is 0 Å². The Morgan fingerprint density at radius 1 is 0.667 bits per heavy atom. The van der Waals surface area contributed by atoms with Crippen LogP contribution in [-0.4, -0.2) is 226 Å². The first kappa shape index (κ1) is 81.7. The summed E-state index contributed by atoms with van der Waals surface area (Å²) in [4.78, 5) is 173. The Bertz CT molecular complexity index is 3370. The van der Waals surface area contributed by atoms with Crippen LogP contribution in [0.25, 0.3) is 0 Å². The molecular weight excluding hydrogens is 1360 g/mol. The van der Waals surface area contributed by atoms with Crippen LogP contribution >= 0.6 is 11.6 Å². The number of nitrogens with one attached hydrogen (secondary N) is 4. The Kier molecular flexibility index (Phi) is 27.9. The van der Waals surface area contributed by atoms with E-state index in [9.17, 15) is 55.1 Å². The van der Waals surface area contributed by atoms with Crippen molar-refractivity contribution >= 4 is 76.6 Å². The van der Waals surface area contributed by atoms with Gasteiger partial charge in [0.15, 0.2) is 0 Å². The summed E-state index contributed by atoms with van der Waals surface area (Å²) in [5.74, 6) is -8.88. The Hall–Kier alpha value is -7.56. The quantitative estimate of drug-likeness (QED) is 0.149. The normalized spacial score (nSPS) is 27.2. The van der Waals surface area contributed by atoms with E-state index >= 15 is 24.0 Å². The van der Waals surface area contributed by atoms with Gasteiger partial charge in [0, 0.05) is 79.7 Å². The molecule has 0 radical (unpaired) electrons. The number of carbonyl (C=O) groups excluding carboxylic acids is 11. The number of likely N-dealkylation sites (N-methyl/N-ethyl adjacent to an activating group) is 5. The zero-order valence-corrected chi connectivity index (χ0v) is 61.3. The van der Waals surface area contributed by atoms with Crippen molar-refractivity contribution in [2.45, 2.75) is 236 Å². The first-order valence-corrected chi connectivity index (χ1v) is 36.1. The highest BCUT2D eigenvalue weighted by Gasteiger charge is 2.52. The summed E-state index contributed by atoms with van der Waals surface area (Å²) in [6, 6.07) is -4.38. The SMILES string of the molecule is CCO[C@@H]1C[C@H]2C(=O)NC3(CCCC3)C(=O)N(C)[C@@H](C3CCCC3)C(=O)N(C)[C@H](C)CC(=O)N(C)[C@@H](CC(C)C)C(=O)N[C@@H]([C@@H](C)CC)C(=O)N[C@@H](C)C(=O)N3CC[C@H]3C(=O)N(CC)[C@@H](Cc3ccc(C(F)(F)F)cc3)C(=O)N(C)CC(=O)N[C@@H](CCc3ccc(C(F)(F)F)c(Cl)c3)C(=O)N2C1. The second kappa shape index (κ2) is 34.8. The smallest absolute Gasteiger partial charge is 0.377 e. The average Bonchev–Trinajstić information content (AvgIpc) is 1.56. The molecule has 11 amide bonds. The molecule has 2 aliphatic carbocycles. The predicted octanol–water partition coefficient (Wildman–Crippen LogP) is 6.93. The predicted molar refractivity (Wildman–Crippen MR) is 366 cm³/mol. The lowest BCUT2D eigenvalue weighted by Gasteiger charge is -2.45. The number of nitrogens with zero attached hydrogens (tertiary/aromatic N) is 7. The molecule has 566 valence electrons. The van der Waals surface area contributed by atoms with Gasteiger partial charge < -0.3 is 60.3 Å². The molecule has 2 aromatic carbocycles. The molecule has 30 heteroatoms. The van der Waals surface area contributed by atoms with Crippen LogP contribution < -0.4 is 21.3 Å². The van der Waals surface area contributed by atoms with E-state index in [0.717, 1.165) is 65.1 Å². The topological polar surface area (TPSA) is 268 Å². The summed E-state index contributed by atoms with van der Waals surface area (Å²) in [7, 11) is 5.74. The summed E-state index contributed by atoms with van der Waals surface area (Å²) in [5, 5.41) is 10.6. The van der Waals surface area contributed by atoms with Gasteiger partial charge in [0.2, 0.25) is 65.0 Å². The van der Waals surface area contributed by atoms with Crippen LogP contribution in [0.1, 0.15) is 168 Å². The van der Waals surface area contributed by atoms with E-state index < -0.39 is 178 Å². The number of halogens is 7. The Balaban J connectivity index is 1.30. The van der Waals surface area contributed by atoms with Crippen molar-refractivity contribution in [3.63, 3.8) is 0 Å². The zero-order chi connectivity index (χ0) is 75.6. The van der Waals surface area contributed by atoms with Crippen LogP contribution in [0, 0.1) is 17.8 Å². The molecular formula is C72H102ClF6N11O12. The molecule has 11 atom stereocenters. The van der Waals surface area contributed by atoms with Gasteiger partial charge in [-0.3, -0.25) is 52.7 Å². The van der Waals surface area contributed by atoms with Gasteiger partial charge in [0.05, 0.1) is 28.8 Å². The standard InChI is InChI=1S/C72H102ClF6N11O12/c1-13-42(6)59-63(95)80-44(8)64(96)89-33-30-53(89)67(99)88(14-2)56(37-46-22-26-48(27-23-46)71(74,75)76)66(98)84(9)40-57(91)81-52(29-25-45-24-28-50(51(73)36-45)72(77,78)79)65(97)90-39-49(102-15-3)38-55(90)62(94)83-70(31-18-19-32-70)69(101)87(12)60(47-20-16-17-21-47)68(100)85(10)43(7)35-58(92)86(11)54(34-41(4)5)61(93)82-59/h22-24,26-28,36,41-44,47,49,52-56,59-60H,13-21,25,29-35,37-40H2,1-12H3,(H,80,95)(H,81,91)(H,82,93)(H,83,94)/t42-,43+,44-,49+,52-,53-,54-,55-,56-,59-,60-/m0/s1. The van der Waals surface area contributed by atoms with Gasteiger partial charge in [-0.1, -0.05) is 89.6 Å². The van der Waals surface area contributed by atoms with E-state index in [1.165, 1.54) is 59.5 Å². The molecule has 5 aliphatic rings. The minimum atomic E-state index is -4.81. The minimum Gasteiger partial charge on any atom is -0.377 e. The van der Waals surface area contributed by atoms with E-state index in [1.807, 2.05) is 13.8 Å². The maximum absolute atomic E-state index is 15.5. The monoisotopic (exact) mass is 1460 g/mol. The molecule has 5 fully saturated rings. The fourth-order valence-corrected chi connectivity index (χ4v) is 15.2. The minimum absolute atomic E-state index is 0.0233. The van der Waals surface area contributed by atoms with Gasteiger partial charge in [0.25, 0.3) is 0 Å². The number of ether oxygens (including phenoxy) is 1. The summed E-state index contributed by atoms with van der Waals surface area (Å²) >= 11 is 6.16. The van der Waals surface area contributed by atoms with Crippen LogP contribution in [0.2, 0.25) is 5.02 Å². The van der Waals surface area contributed by atoms with E-state index in [4.69, 9.17) is 16.3 Å². The molecule has 23 nitrogen and oxygen atoms in total. The number of aryl methyl sites for hydroxylation is 1. The van der Waals surface area contributed by atoms with Crippen LogP contribution in [-0.2, 0) is 82.7 Å². The van der Waals surface area contributed by atoms with Crippen molar-refractivity contribution < 1.29 is 83.8 Å². The van der Waals surface area contributed by atoms with Gasteiger partial charge in [-0.15, -0.1) is 0 Å². The Morgan fingerprint density at radius 3 is 1.86 bits per heavy atom. The first-order chi connectivity index (χ1) is 47.9. The number of rotatable bonds is 13. The third kappa shape index (κ3) is 19.4. The highest BCUT2D eigenvalue weighted by Crippen LogP contribution is 2.39. The van der Waals surface area contributed by atoms with Crippen molar-refractivity contribution in [1.29, 1.82) is 0 Å². The summed E-state index contributed by atoms with van der Waals surface area (Å²) in [6.45, 7) is 12.5. The number of carbonyl (C=O) groups is 11. The van der Waals surface area contributed by atoms with Crippen molar-refractivity contribution in [3.8, 4) is 0 Å². The van der Waals surface area contributed by atoms with E-state index in [1.54, 1.807) is 34.7 Å². The molecule has 2 saturated carbocycles. The number of hydrogen-bond donors (Lipinski definition) is 4. The van der Waals surface area contributed by atoms with Crippen LogP contribution in [0.4, 0.5) is 26.3 Å². The lowest BCUT2D eigenvalue weighted by Crippen LogP contribution is -2.65. The highest BCUT2D eigenvalue weighted by molar-refractivity contribution is 6.31. The second-order valence-electron chi connectivity index (χ2n) is 28.8. The van der Waals surface area contributed by atoms with Crippen molar-refractivity contribution in [1.82, 2.24) is 55.6 Å². The molecule has 4 N–H and O–H groups in total. The van der Waals surface area contributed by atoms with Crippen LogP contribution in [0.15, 0.2) is 42.5 Å². The molecule has 3 aliphatic heterocycles. The molecule has 2 aromatic rings. The largest absolute Gasteiger partial charge is 0.417 e. The Labute approximate surface area is 598 Å². The molecule has 3 heterocycles. The van der Waals surface area contributed by atoms with E-state index in [0.29, 0.717) is 32.1 Å². The summed E-state index contributed by atoms with van der Waals surface area (Å²) in [5.41, 5.74) is -3.33. The third-order valence-corrected chi connectivity index (χ3v) is 21.5. The number of hydrogen-bond acceptors (Lipinski definition) is 12. The number of benzene rings is 2. The van der Waals surface area contributed by atoms with Crippen molar-refractivity contribution in [2.24, 2.45) is 17.8 Å². The zero-order valence-electron chi connectivity index (χ0n) is 60.6. The molecule has 3 saturated heterocycles. The molecule has 7 rings (SSSR count). The van der Waals surface area contributed by atoms with Crippen LogP contribution in [0.3, 0.4) is 0 Å². The highest BCUT2D eigenvalue weighted by atomic mass is 35.5. The van der Waals surface area contributed by atoms with E-state index in [-0.39, 0.29) is 101 Å². The lowest BCUT2D eigenvalue weighted by atomic mass is 9.90. The Morgan fingerprint density at radius 2 is 1.30 bits per heavy atom. The van der Waals surface area contributed by atoms with Gasteiger partial charge >= 0.3 is 12.4 Å². The molecule has 0 bridgehead atoms. The molecule has 0 aromatic heterocycles. The molecule has 102 heavy (non-hydrogen) atoms. The van der Waals surface area contributed by atoms with E-state index in [2.05, 4.69) is 21.3 Å². The molecule has 1 spiro atoms. The summed E-state index contributed by atoms with van der Waals surface area (Å²) < 4.78 is 89.5. The fraction of sp³-hybridized carbons (Fsp3) is 0.681.